The van der Waals surface area contributed by atoms with Gasteiger partial charge < -0.3 is 9.30 Å². The molecule has 4 heteroatoms. The predicted octanol–water partition coefficient (Wildman–Crippen LogP) is 2.43. The molecule has 18 heavy (non-hydrogen) atoms. The predicted molar refractivity (Wildman–Crippen MR) is 68.5 cm³/mol. The van der Waals surface area contributed by atoms with Gasteiger partial charge in [0.15, 0.2) is 0 Å². The SMILES string of the molecule is COc1ccc(C#N)cc1Cn1cnc(C)c1C. The third kappa shape index (κ3) is 2.21. The van der Waals surface area contributed by atoms with Crippen molar-refractivity contribution in [3.8, 4) is 11.8 Å². The monoisotopic (exact) mass is 241 g/mol. The fourth-order valence-corrected chi connectivity index (χ4v) is 1.86. The second kappa shape index (κ2) is 4.92. The van der Waals surface area contributed by atoms with Crippen molar-refractivity contribution in [2.45, 2.75) is 20.4 Å². The van der Waals surface area contributed by atoms with Crippen LogP contribution in [0, 0.1) is 25.2 Å². The summed E-state index contributed by atoms with van der Waals surface area (Å²) in [5.74, 6) is 0.791. The molecule has 0 fully saturated rings. The van der Waals surface area contributed by atoms with E-state index in [0.29, 0.717) is 12.1 Å². The van der Waals surface area contributed by atoms with Crippen molar-refractivity contribution in [3.63, 3.8) is 0 Å². The maximum absolute atomic E-state index is 8.94. The zero-order valence-corrected chi connectivity index (χ0v) is 10.8. The van der Waals surface area contributed by atoms with Crippen LogP contribution in [0.25, 0.3) is 0 Å². The third-order valence-corrected chi connectivity index (χ3v) is 3.10. The molecular formula is C14H15N3O. The molecule has 0 saturated carbocycles. The Morgan fingerprint density at radius 3 is 2.72 bits per heavy atom. The summed E-state index contributed by atoms with van der Waals surface area (Å²) in [6.07, 6.45) is 1.81. The fourth-order valence-electron chi connectivity index (χ4n) is 1.86. The molecule has 0 unspecified atom stereocenters. The third-order valence-electron chi connectivity index (χ3n) is 3.10. The Labute approximate surface area is 106 Å². The van der Waals surface area contributed by atoms with Crippen LogP contribution in [0.2, 0.25) is 0 Å². The highest BCUT2D eigenvalue weighted by Gasteiger charge is 2.08. The molecule has 0 spiro atoms. The van der Waals surface area contributed by atoms with Gasteiger partial charge >= 0.3 is 0 Å². The van der Waals surface area contributed by atoms with Gasteiger partial charge in [-0.15, -0.1) is 0 Å². The number of methoxy groups -OCH3 is 1. The topological polar surface area (TPSA) is 50.8 Å². The second-order valence-electron chi connectivity index (χ2n) is 4.18. The van der Waals surface area contributed by atoms with E-state index in [-0.39, 0.29) is 0 Å². The number of aromatic nitrogens is 2. The van der Waals surface area contributed by atoms with E-state index in [0.717, 1.165) is 22.7 Å². The van der Waals surface area contributed by atoms with Crippen molar-refractivity contribution in [1.82, 2.24) is 9.55 Å². The Kier molecular flexibility index (Phi) is 3.33. The number of nitriles is 1. The highest BCUT2D eigenvalue weighted by Crippen LogP contribution is 2.21. The number of rotatable bonds is 3. The summed E-state index contributed by atoms with van der Waals surface area (Å²) in [5, 5.41) is 8.94. The molecule has 1 aromatic heterocycles. The molecule has 2 rings (SSSR count). The van der Waals surface area contributed by atoms with Crippen LogP contribution in [-0.2, 0) is 6.54 Å². The van der Waals surface area contributed by atoms with Crippen molar-refractivity contribution >= 4 is 0 Å². The van der Waals surface area contributed by atoms with Gasteiger partial charge in [-0.3, -0.25) is 0 Å². The summed E-state index contributed by atoms with van der Waals surface area (Å²) in [7, 11) is 1.64. The van der Waals surface area contributed by atoms with E-state index in [2.05, 4.69) is 11.1 Å². The van der Waals surface area contributed by atoms with Crippen LogP contribution in [0.4, 0.5) is 0 Å². The molecule has 1 heterocycles. The highest BCUT2D eigenvalue weighted by atomic mass is 16.5. The highest BCUT2D eigenvalue weighted by molar-refractivity contribution is 5.42. The Morgan fingerprint density at radius 1 is 1.39 bits per heavy atom. The van der Waals surface area contributed by atoms with Gasteiger partial charge in [-0.25, -0.2) is 4.98 Å². The van der Waals surface area contributed by atoms with Gasteiger partial charge in [0, 0.05) is 11.3 Å². The van der Waals surface area contributed by atoms with Crippen molar-refractivity contribution in [2.75, 3.05) is 7.11 Å². The smallest absolute Gasteiger partial charge is 0.123 e. The average Bonchev–Trinajstić information content (AvgIpc) is 2.70. The van der Waals surface area contributed by atoms with Crippen molar-refractivity contribution in [3.05, 3.63) is 47.0 Å². The maximum atomic E-state index is 8.94. The molecule has 92 valence electrons. The number of ether oxygens (including phenoxy) is 1. The van der Waals surface area contributed by atoms with Crippen LogP contribution in [0.5, 0.6) is 5.75 Å². The zero-order chi connectivity index (χ0) is 13.1. The number of hydrogen-bond acceptors (Lipinski definition) is 3. The zero-order valence-electron chi connectivity index (χ0n) is 10.8. The molecule has 0 aliphatic heterocycles. The molecule has 0 amide bonds. The molecule has 0 N–H and O–H groups in total. The fraction of sp³-hybridized carbons (Fsp3) is 0.286. The lowest BCUT2D eigenvalue weighted by Gasteiger charge is -2.10. The van der Waals surface area contributed by atoms with Gasteiger partial charge in [-0.05, 0) is 32.0 Å². The minimum absolute atomic E-state index is 0.639. The molecule has 0 aliphatic carbocycles. The van der Waals surface area contributed by atoms with E-state index < -0.39 is 0 Å². The first kappa shape index (κ1) is 12.2. The molecule has 2 aromatic rings. The van der Waals surface area contributed by atoms with Crippen LogP contribution in [0.1, 0.15) is 22.5 Å². The normalized spacial score (nSPS) is 10.1. The Bertz CT molecular complexity index is 608. The number of imidazole rings is 1. The summed E-state index contributed by atoms with van der Waals surface area (Å²) in [4.78, 5) is 4.27. The van der Waals surface area contributed by atoms with Gasteiger partial charge in [-0.1, -0.05) is 0 Å². The second-order valence-corrected chi connectivity index (χ2v) is 4.18. The molecule has 0 bridgehead atoms. The first-order valence-electron chi connectivity index (χ1n) is 5.71. The van der Waals surface area contributed by atoms with E-state index in [1.165, 1.54) is 0 Å². The van der Waals surface area contributed by atoms with Crippen molar-refractivity contribution < 1.29 is 4.74 Å². The Balaban J connectivity index is 2.39. The number of benzene rings is 1. The van der Waals surface area contributed by atoms with Crippen LogP contribution < -0.4 is 4.74 Å². The van der Waals surface area contributed by atoms with E-state index in [4.69, 9.17) is 10.00 Å². The summed E-state index contributed by atoms with van der Waals surface area (Å²) < 4.78 is 7.37. The minimum Gasteiger partial charge on any atom is -0.496 e. The van der Waals surface area contributed by atoms with E-state index >= 15 is 0 Å². The lowest BCUT2D eigenvalue weighted by molar-refractivity contribution is 0.408. The molecular weight excluding hydrogens is 226 g/mol. The van der Waals surface area contributed by atoms with E-state index in [1.54, 1.807) is 13.2 Å². The number of hydrogen-bond donors (Lipinski definition) is 0. The number of aryl methyl sites for hydroxylation is 1. The lowest BCUT2D eigenvalue weighted by Crippen LogP contribution is -2.03. The largest absolute Gasteiger partial charge is 0.496 e. The van der Waals surface area contributed by atoms with Gasteiger partial charge in [-0.2, -0.15) is 5.26 Å². The quantitative estimate of drug-likeness (QED) is 0.829. The van der Waals surface area contributed by atoms with Crippen LogP contribution >= 0.6 is 0 Å². The molecule has 0 saturated heterocycles. The van der Waals surface area contributed by atoms with Gasteiger partial charge in [0.05, 0.1) is 37.3 Å². The Morgan fingerprint density at radius 2 is 2.17 bits per heavy atom. The van der Waals surface area contributed by atoms with Gasteiger partial charge in [0.25, 0.3) is 0 Å². The van der Waals surface area contributed by atoms with E-state index in [1.807, 2.05) is 36.9 Å². The minimum atomic E-state index is 0.639. The van der Waals surface area contributed by atoms with Gasteiger partial charge in [0.2, 0.25) is 0 Å². The Hall–Kier alpha value is -2.28. The molecule has 4 nitrogen and oxygen atoms in total. The van der Waals surface area contributed by atoms with Crippen LogP contribution in [-0.4, -0.2) is 16.7 Å². The lowest BCUT2D eigenvalue weighted by atomic mass is 10.1. The molecule has 1 aromatic carbocycles. The molecule has 0 radical (unpaired) electrons. The first-order chi connectivity index (χ1) is 8.65. The summed E-state index contributed by atoms with van der Waals surface area (Å²) >= 11 is 0. The number of nitrogens with zero attached hydrogens (tertiary/aromatic N) is 3. The van der Waals surface area contributed by atoms with E-state index in [9.17, 15) is 0 Å². The van der Waals surface area contributed by atoms with Crippen LogP contribution in [0.15, 0.2) is 24.5 Å². The standard InChI is InChI=1S/C14H15N3O/c1-10-11(2)17(9-16-10)8-13-6-12(7-15)4-5-14(13)18-3/h4-6,9H,8H2,1-3H3. The van der Waals surface area contributed by atoms with Crippen molar-refractivity contribution in [1.29, 1.82) is 5.26 Å². The summed E-state index contributed by atoms with van der Waals surface area (Å²) in [5.41, 5.74) is 3.77. The molecule has 0 atom stereocenters. The van der Waals surface area contributed by atoms with Gasteiger partial charge in [0.1, 0.15) is 5.75 Å². The molecule has 0 aliphatic rings. The maximum Gasteiger partial charge on any atom is 0.123 e. The first-order valence-corrected chi connectivity index (χ1v) is 5.71. The van der Waals surface area contributed by atoms with Crippen LogP contribution in [0.3, 0.4) is 0 Å². The van der Waals surface area contributed by atoms with Crippen molar-refractivity contribution in [2.24, 2.45) is 0 Å². The average molecular weight is 241 g/mol. The summed E-state index contributed by atoms with van der Waals surface area (Å²) in [6.45, 7) is 4.67. The summed E-state index contributed by atoms with van der Waals surface area (Å²) in [6, 6.07) is 7.58.